The third-order valence-corrected chi connectivity index (χ3v) is 1.73. The van der Waals surface area contributed by atoms with Crippen molar-refractivity contribution in [2.75, 3.05) is 19.8 Å². The molecular formula is C9H15NO5. The number of rotatable bonds is 6. The minimum atomic E-state index is -1.36. The molecule has 0 bridgehead atoms. The first kappa shape index (κ1) is 13.6. The molecule has 0 spiro atoms. The van der Waals surface area contributed by atoms with Gasteiger partial charge in [0.2, 0.25) is 5.91 Å². The minimum Gasteiger partial charge on any atom is -0.463 e. The summed E-state index contributed by atoms with van der Waals surface area (Å²) in [4.78, 5) is 21.6. The quantitative estimate of drug-likeness (QED) is 0.374. The first-order chi connectivity index (χ1) is 6.99. The lowest BCUT2D eigenvalue weighted by molar-refractivity contribution is -0.145. The van der Waals surface area contributed by atoms with E-state index in [1.165, 1.54) is 6.92 Å². The van der Waals surface area contributed by atoms with Crippen LogP contribution in [0.2, 0.25) is 0 Å². The lowest BCUT2D eigenvalue weighted by Crippen LogP contribution is -2.57. The molecule has 0 radical (unpaired) electrons. The van der Waals surface area contributed by atoms with Gasteiger partial charge in [0.1, 0.15) is 12.1 Å². The second-order valence-corrected chi connectivity index (χ2v) is 3.07. The summed E-state index contributed by atoms with van der Waals surface area (Å²) in [6.07, 6.45) is 0.994. The molecule has 0 saturated heterocycles. The van der Waals surface area contributed by atoms with Crippen molar-refractivity contribution in [3.05, 3.63) is 12.7 Å². The number of amides is 1. The highest BCUT2D eigenvalue weighted by molar-refractivity contribution is 5.87. The van der Waals surface area contributed by atoms with Gasteiger partial charge < -0.3 is 20.3 Å². The van der Waals surface area contributed by atoms with Gasteiger partial charge in [-0.2, -0.15) is 0 Å². The van der Waals surface area contributed by atoms with Crippen molar-refractivity contribution in [2.24, 2.45) is 0 Å². The van der Waals surface area contributed by atoms with Gasteiger partial charge in [0.25, 0.3) is 0 Å². The maximum Gasteiger partial charge on any atom is 0.302 e. The van der Waals surface area contributed by atoms with E-state index >= 15 is 0 Å². The molecular weight excluding hydrogens is 202 g/mol. The van der Waals surface area contributed by atoms with Crippen LogP contribution in [0.1, 0.15) is 6.92 Å². The number of carbonyl (C=O) groups excluding carboxylic acids is 2. The molecule has 6 heteroatoms. The molecule has 0 atom stereocenters. The fourth-order valence-corrected chi connectivity index (χ4v) is 0.809. The Morgan fingerprint density at radius 3 is 2.33 bits per heavy atom. The third kappa shape index (κ3) is 4.57. The summed E-state index contributed by atoms with van der Waals surface area (Å²) in [5.74, 6) is -1.13. The van der Waals surface area contributed by atoms with E-state index in [-0.39, 0.29) is 6.61 Å². The maximum atomic E-state index is 11.0. The number of hydrogen-bond acceptors (Lipinski definition) is 5. The Morgan fingerprint density at radius 1 is 1.47 bits per heavy atom. The van der Waals surface area contributed by atoms with Gasteiger partial charge in [0, 0.05) is 6.92 Å². The predicted molar refractivity (Wildman–Crippen MR) is 51.9 cm³/mol. The van der Waals surface area contributed by atoms with E-state index < -0.39 is 30.6 Å². The first-order valence-corrected chi connectivity index (χ1v) is 4.29. The van der Waals surface area contributed by atoms with Crippen molar-refractivity contribution in [1.29, 1.82) is 0 Å². The summed E-state index contributed by atoms with van der Waals surface area (Å²) >= 11 is 0. The smallest absolute Gasteiger partial charge is 0.302 e. The Morgan fingerprint density at radius 2 is 2.00 bits per heavy atom. The SMILES string of the molecule is C=CC(=O)NC(CO)(CO)COC(C)=O. The summed E-state index contributed by atoms with van der Waals surface area (Å²) < 4.78 is 4.63. The van der Waals surface area contributed by atoms with Gasteiger partial charge in [-0.15, -0.1) is 0 Å². The Hall–Kier alpha value is -1.40. The molecule has 0 aromatic carbocycles. The molecule has 0 aromatic rings. The zero-order valence-electron chi connectivity index (χ0n) is 8.52. The van der Waals surface area contributed by atoms with Gasteiger partial charge in [-0.25, -0.2) is 0 Å². The zero-order chi connectivity index (χ0) is 11.9. The molecule has 0 heterocycles. The molecule has 0 rings (SSSR count). The molecule has 0 aliphatic heterocycles. The highest BCUT2D eigenvalue weighted by atomic mass is 16.5. The average Bonchev–Trinajstić information content (AvgIpc) is 2.24. The summed E-state index contributed by atoms with van der Waals surface area (Å²) in [6, 6.07) is 0. The number of ether oxygens (including phenoxy) is 1. The number of hydrogen-bond donors (Lipinski definition) is 3. The molecule has 1 amide bonds. The zero-order valence-corrected chi connectivity index (χ0v) is 8.52. The van der Waals surface area contributed by atoms with Crippen molar-refractivity contribution < 1.29 is 24.5 Å². The molecule has 3 N–H and O–H groups in total. The van der Waals surface area contributed by atoms with Gasteiger partial charge in [0.05, 0.1) is 13.2 Å². The lowest BCUT2D eigenvalue weighted by Gasteiger charge is -2.29. The van der Waals surface area contributed by atoms with Gasteiger partial charge in [-0.3, -0.25) is 9.59 Å². The van der Waals surface area contributed by atoms with E-state index in [4.69, 9.17) is 10.2 Å². The average molecular weight is 217 g/mol. The van der Waals surface area contributed by atoms with E-state index in [1.54, 1.807) is 0 Å². The van der Waals surface area contributed by atoms with Gasteiger partial charge in [-0.05, 0) is 6.08 Å². The van der Waals surface area contributed by atoms with Crippen LogP contribution in [-0.4, -0.2) is 47.4 Å². The fraction of sp³-hybridized carbons (Fsp3) is 0.556. The second kappa shape index (κ2) is 6.15. The molecule has 0 aromatic heterocycles. The number of aliphatic hydroxyl groups is 2. The number of carbonyl (C=O) groups is 2. The largest absolute Gasteiger partial charge is 0.463 e. The van der Waals surface area contributed by atoms with Crippen molar-refractivity contribution >= 4 is 11.9 Å². The van der Waals surface area contributed by atoms with Crippen molar-refractivity contribution in [3.63, 3.8) is 0 Å². The van der Waals surface area contributed by atoms with Crippen LogP contribution in [0.5, 0.6) is 0 Å². The Kier molecular flexibility index (Phi) is 5.58. The van der Waals surface area contributed by atoms with Gasteiger partial charge in [0.15, 0.2) is 0 Å². The molecule has 0 aliphatic rings. The summed E-state index contributed by atoms with van der Waals surface area (Å²) in [5.41, 5.74) is -1.36. The van der Waals surface area contributed by atoms with Crippen LogP contribution in [0, 0.1) is 0 Å². The van der Waals surface area contributed by atoms with Crippen LogP contribution in [0.3, 0.4) is 0 Å². The summed E-state index contributed by atoms with van der Waals surface area (Å²) in [5, 5.41) is 20.4. The topological polar surface area (TPSA) is 95.9 Å². The first-order valence-electron chi connectivity index (χ1n) is 4.29. The van der Waals surface area contributed by atoms with E-state index in [1.807, 2.05) is 0 Å². The molecule has 0 saturated carbocycles. The molecule has 0 fully saturated rings. The standard InChI is InChI=1S/C9H15NO5/c1-3-8(14)10-9(4-11,5-12)6-15-7(2)13/h3,11-12H,1,4-6H2,2H3,(H,10,14). The highest BCUT2D eigenvalue weighted by Crippen LogP contribution is 2.04. The Bertz CT molecular complexity index is 247. The van der Waals surface area contributed by atoms with E-state index in [2.05, 4.69) is 16.6 Å². The normalized spacial score (nSPS) is 10.6. The minimum absolute atomic E-state index is 0.297. The molecule has 6 nitrogen and oxygen atoms in total. The van der Waals surface area contributed by atoms with Crippen molar-refractivity contribution in [2.45, 2.75) is 12.5 Å². The Labute approximate surface area is 87.5 Å². The lowest BCUT2D eigenvalue weighted by atomic mass is 10.0. The second-order valence-electron chi connectivity index (χ2n) is 3.07. The van der Waals surface area contributed by atoms with Crippen LogP contribution in [-0.2, 0) is 14.3 Å². The molecule has 15 heavy (non-hydrogen) atoms. The third-order valence-electron chi connectivity index (χ3n) is 1.73. The van der Waals surface area contributed by atoms with Crippen LogP contribution in [0.25, 0.3) is 0 Å². The molecule has 86 valence electrons. The summed E-state index contributed by atoms with van der Waals surface area (Å²) in [7, 11) is 0. The van der Waals surface area contributed by atoms with Crippen LogP contribution in [0.15, 0.2) is 12.7 Å². The van der Waals surface area contributed by atoms with Gasteiger partial charge in [-0.1, -0.05) is 6.58 Å². The maximum absolute atomic E-state index is 11.0. The van der Waals surface area contributed by atoms with Crippen LogP contribution < -0.4 is 5.32 Å². The van der Waals surface area contributed by atoms with Crippen molar-refractivity contribution in [3.8, 4) is 0 Å². The number of aliphatic hydroxyl groups excluding tert-OH is 2. The van der Waals surface area contributed by atoms with Crippen LogP contribution in [0.4, 0.5) is 0 Å². The van der Waals surface area contributed by atoms with E-state index in [9.17, 15) is 9.59 Å². The number of esters is 1. The highest BCUT2D eigenvalue weighted by Gasteiger charge is 2.31. The van der Waals surface area contributed by atoms with Crippen molar-refractivity contribution in [1.82, 2.24) is 5.32 Å². The van der Waals surface area contributed by atoms with Gasteiger partial charge >= 0.3 is 5.97 Å². The van der Waals surface area contributed by atoms with E-state index in [0.717, 1.165) is 6.08 Å². The predicted octanol–water partition coefficient (Wildman–Crippen LogP) is -1.42. The fourth-order valence-electron chi connectivity index (χ4n) is 0.809. The molecule has 0 unspecified atom stereocenters. The van der Waals surface area contributed by atoms with E-state index in [0.29, 0.717) is 0 Å². The number of nitrogens with one attached hydrogen (secondary N) is 1. The monoisotopic (exact) mass is 217 g/mol. The summed E-state index contributed by atoms with van der Waals surface area (Å²) in [6.45, 7) is 3.03. The Balaban J connectivity index is 4.48. The van der Waals surface area contributed by atoms with Crippen LogP contribution >= 0.6 is 0 Å². The molecule has 0 aliphatic carbocycles.